The van der Waals surface area contributed by atoms with Crippen LogP contribution in [0, 0.1) is 0 Å². The second-order valence-corrected chi connectivity index (χ2v) is 2.47. The lowest BCUT2D eigenvalue weighted by molar-refractivity contribution is 0.128. The van der Waals surface area contributed by atoms with E-state index in [0.717, 1.165) is 0 Å². The van der Waals surface area contributed by atoms with Crippen LogP contribution in [0.3, 0.4) is 0 Å². The number of methoxy groups -OCH3 is 1. The summed E-state index contributed by atoms with van der Waals surface area (Å²) < 4.78 is 5.02. The number of rotatable bonds is 4. The number of nitrogens with zero attached hydrogens (tertiary/aromatic N) is 2. The van der Waals surface area contributed by atoms with E-state index in [9.17, 15) is 0 Å². The predicted molar refractivity (Wildman–Crippen MR) is 45.8 cm³/mol. The minimum absolute atomic E-state index is 0.129. The van der Waals surface area contributed by atoms with Gasteiger partial charge in [0.2, 0.25) is 11.9 Å². The molecule has 0 radical (unpaired) electrons. The predicted octanol–water partition coefficient (Wildman–Crippen LogP) is -0.166. The van der Waals surface area contributed by atoms with Crippen LogP contribution in [0.5, 0.6) is 0 Å². The van der Waals surface area contributed by atoms with Crippen LogP contribution in [0.4, 0.5) is 11.9 Å². The third-order valence-corrected chi connectivity index (χ3v) is 1.45. The Balaban J connectivity index is 2.33. The molecule has 1 heterocycles. The molecule has 4 N–H and O–H groups in total. The van der Waals surface area contributed by atoms with Crippen molar-refractivity contribution in [1.29, 1.82) is 0 Å². The molecule has 6 nitrogen and oxygen atoms in total. The smallest absolute Gasteiger partial charge is 0.243 e. The number of ether oxygens (including phenoxy) is 1. The third-order valence-electron chi connectivity index (χ3n) is 1.45. The van der Waals surface area contributed by atoms with Crippen LogP contribution >= 0.6 is 0 Å². The summed E-state index contributed by atoms with van der Waals surface area (Å²) >= 11 is 0. The Morgan fingerprint density at radius 3 is 3.00 bits per heavy atom. The van der Waals surface area contributed by atoms with Gasteiger partial charge in [-0.3, -0.25) is 0 Å². The zero-order valence-electron chi connectivity index (χ0n) is 7.16. The van der Waals surface area contributed by atoms with Gasteiger partial charge in [-0.05, 0) is 6.92 Å². The summed E-state index contributed by atoms with van der Waals surface area (Å²) in [7, 11) is 1.65. The molecule has 6 heteroatoms. The third kappa shape index (κ3) is 2.39. The molecule has 0 aliphatic heterocycles. The number of anilines is 2. The van der Waals surface area contributed by atoms with Crippen LogP contribution in [0.25, 0.3) is 0 Å². The quantitative estimate of drug-likeness (QED) is 0.585. The monoisotopic (exact) mass is 171 g/mol. The maximum absolute atomic E-state index is 5.32. The van der Waals surface area contributed by atoms with Crippen LogP contribution in [-0.2, 0) is 4.74 Å². The average molecular weight is 171 g/mol. The van der Waals surface area contributed by atoms with Gasteiger partial charge in [0.15, 0.2) is 0 Å². The molecule has 0 saturated carbocycles. The van der Waals surface area contributed by atoms with E-state index in [2.05, 4.69) is 20.5 Å². The Morgan fingerprint density at radius 1 is 1.75 bits per heavy atom. The second-order valence-electron chi connectivity index (χ2n) is 2.47. The fourth-order valence-corrected chi connectivity index (χ4v) is 0.672. The Bertz CT molecular complexity index is 236. The molecule has 1 unspecified atom stereocenters. The SMILES string of the molecule is COC(C)CNc1n[nH]c(N)n1. The molecule has 0 aliphatic carbocycles. The maximum Gasteiger partial charge on any atom is 0.243 e. The van der Waals surface area contributed by atoms with Gasteiger partial charge < -0.3 is 15.8 Å². The lowest BCUT2D eigenvalue weighted by atomic mass is 10.4. The van der Waals surface area contributed by atoms with Gasteiger partial charge >= 0.3 is 0 Å². The van der Waals surface area contributed by atoms with Crippen molar-refractivity contribution in [2.45, 2.75) is 13.0 Å². The molecule has 0 bridgehead atoms. The summed E-state index contributed by atoms with van der Waals surface area (Å²) in [6, 6.07) is 0. The molecule has 1 rings (SSSR count). The highest BCUT2D eigenvalue weighted by atomic mass is 16.5. The van der Waals surface area contributed by atoms with Crippen LogP contribution in [0.1, 0.15) is 6.92 Å². The maximum atomic E-state index is 5.32. The number of hydrogen-bond donors (Lipinski definition) is 3. The van der Waals surface area contributed by atoms with Gasteiger partial charge in [0.05, 0.1) is 6.10 Å². The molecule has 1 atom stereocenters. The Morgan fingerprint density at radius 2 is 2.50 bits per heavy atom. The van der Waals surface area contributed by atoms with Crippen molar-refractivity contribution < 1.29 is 4.74 Å². The van der Waals surface area contributed by atoms with Crippen molar-refractivity contribution in [2.24, 2.45) is 0 Å². The standard InChI is InChI=1S/C6H13N5O/c1-4(12-2)3-8-6-9-5(7)10-11-6/h4H,3H2,1-2H3,(H4,7,8,9,10,11). The Kier molecular flexibility index (Phi) is 2.87. The van der Waals surface area contributed by atoms with Gasteiger partial charge in [0.25, 0.3) is 0 Å². The first-order valence-electron chi connectivity index (χ1n) is 3.67. The summed E-state index contributed by atoms with van der Waals surface area (Å²) in [5.41, 5.74) is 5.32. The van der Waals surface area contributed by atoms with E-state index in [0.29, 0.717) is 18.4 Å². The van der Waals surface area contributed by atoms with Crippen molar-refractivity contribution in [3.05, 3.63) is 0 Å². The minimum atomic E-state index is 0.129. The molecule has 1 aromatic heterocycles. The number of nitrogen functional groups attached to an aromatic ring is 1. The summed E-state index contributed by atoms with van der Waals surface area (Å²) in [6.07, 6.45) is 0.129. The summed E-state index contributed by atoms with van der Waals surface area (Å²) in [5, 5.41) is 9.28. The first kappa shape index (κ1) is 8.79. The molecule has 0 aromatic carbocycles. The molecular formula is C6H13N5O. The largest absolute Gasteiger partial charge is 0.380 e. The lowest BCUT2D eigenvalue weighted by Crippen LogP contribution is -2.18. The van der Waals surface area contributed by atoms with E-state index in [1.54, 1.807) is 7.11 Å². The van der Waals surface area contributed by atoms with Gasteiger partial charge in [0, 0.05) is 13.7 Å². The number of aromatic nitrogens is 3. The van der Waals surface area contributed by atoms with E-state index >= 15 is 0 Å². The van der Waals surface area contributed by atoms with E-state index in [1.807, 2.05) is 6.92 Å². The fourth-order valence-electron chi connectivity index (χ4n) is 0.672. The van der Waals surface area contributed by atoms with E-state index < -0.39 is 0 Å². The van der Waals surface area contributed by atoms with Gasteiger partial charge in [-0.15, -0.1) is 5.10 Å². The van der Waals surface area contributed by atoms with E-state index in [1.165, 1.54) is 0 Å². The Hall–Kier alpha value is -1.30. The van der Waals surface area contributed by atoms with Crippen LogP contribution in [0.15, 0.2) is 0 Å². The zero-order chi connectivity index (χ0) is 8.97. The zero-order valence-corrected chi connectivity index (χ0v) is 7.16. The van der Waals surface area contributed by atoms with Gasteiger partial charge in [-0.1, -0.05) is 0 Å². The molecule has 0 saturated heterocycles. The van der Waals surface area contributed by atoms with E-state index in [4.69, 9.17) is 10.5 Å². The summed E-state index contributed by atoms with van der Waals surface area (Å²) in [4.78, 5) is 3.86. The van der Waals surface area contributed by atoms with Crippen LogP contribution in [0.2, 0.25) is 0 Å². The van der Waals surface area contributed by atoms with Crippen LogP contribution < -0.4 is 11.1 Å². The topological polar surface area (TPSA) is 88.8 Å². The van der Waals surface area contributed by atoms with Crippen LogP contribution in [-0.4, -0.2) is 34.9 Å². The fraction of sp³-hybridized carbons (Fsp3) is 0.667. The lowest BCUT2D eigenvalue weighted by Gasteiger charge is -2.08. The van der Waals surface area contributed by atoms with Crippen molar-refractivity contribution >= 4 is 11.9 Å². The van der Waals surface area contributed by atoms with Gasteiger partial charge in [-0.25, -0.2) is 5.10 Å². The van der Waals surface area contributed by atoms with E-state index in [-0.39, 0.29) is 6.10 Å². The molecule has 1 aromatic rings. The normalized spacial score (nSPS) is 12.8. The second kappa shape index (κ2) is 3.91. The van der Waals surface area contributed by atoms with Crippen molar-refractivity contribution in [3.63, 3.8) is 0 Å². The number of nitrogens with one attached hydrogen (secondary N) is 2. The molecule has 0 fully saturated rings. The molecule has 12 heavy (non-hydrogen) atoms. The molecule has 0 aliphatic rings. The highest BCUT2D eigenvalue weighted by molar-refractivity contribution is 5.29. The van der Waals surface area contributed by atoms with Crippen molar-refractivity contribution in [3.8, 4) is 0 Å². The summed E-state index contributed by atoms with van der Waals surface area (Å²) in [6.45, 7) is 2.61. The van der Waals surface area contributed by atoms with Crippen molar-refractivity contribution in [1.82, 2.24) is 15.2 Å². The minimum Gasteiger partial charge on any atom is -0.380 e. The first-order valence-corrected chi connectivity index (χ1v) is 3.67. The number of H-pyrrole nitrogens is 1. The Labute approximate surface area is 70.5 Å². The van der Waals surface area contributed by atoms with Gasteiger partial charge in [0.1, 0.15) is 0 Å². The number of nitrogens with two attached hydrogens (primary N) is 1. The number of aromatic amines is 1. The molecule has 0 spiro atoms. The van der Waals surface area contributed by atoms with Gasteiger partial charge in [-0.2, -0.15) is 4.98 Å². The first-order chi connectivity index (χ1) is 5.72. The average Bonchev–Trinajstić information content (AvgIpc) is 2.47. The number of hydrogen-bond acceptors (Lipinski definition) is 5. The summed E-state index contributed by atoms with van der Waals surface area (Å²) in [5.74, 6) is 0.805. The molecule has 0 amide bonds. The molecule has 68 valence electrons. The highest BCUT2D eigenvalue weighted by Gasteiger charge is 2.01. The molecular weight excluding hydrogens is 158 g/mol. The van der Waals surface area contributed by atoms with Crippen molar-refractivity contribution in [2.75, 3.05) is 24.7 Å². The highest BCUT2D eigenvalue weighted by Crippen LogP contribution is 1.99.